The van der Waals surface area contributed by atoms with Crippen LogP contribution in [0.3, 0.4) is 0 Å². The zero-order chi connectivity index (χ0) is 17.6. The molecule has 1 aliphatic heterocycles. The van der Waals surface area contributed by atoms with Crippen LogP contribution in [-0.2, 0) is 0 Å². The Kier molecular flexibility index (Phi) is 6.09. The molecule has 2 heteroatoms. The van der Waals surface area contributed by atoms with Crippen molar-refractivity contribution in [1.29, 1.82) is 0 Å². The molecule has 1 N–H and O–H groups in total. The summed E-state index contributed by atoms with van der Waals surface area (Å²) in [4.78, 5) is 5.25. The first-order valence-electron chi connectivity index (χ1n) is 11.0. The highest BCUT2D eigenvalue weighted by Gasteiger charge is 2.28. The van der Waals surface area contributed by atoms with Crippen molar-refractivity contribution in [1.82, 2.24) is 5.32 Å². The van der Waals surface area contributed by atoms with Crippen LogP contribution < -0.4 is 5.32 Å². The second-order valence-electron chi connectivity index (χ2n) is 8.55. The third-order valence-electron chi connectivity index (χ3n) is 6.73. The summed E-state index contributed by atoms with van der Waals surface area (Å²) in [7, 11) is 0. The van der Waals surface area contributed by atoms with Crippen molar-refractivity contribution in [2.45, 2.75) is 76.7 Å². The molecular weight excluding hydrogens is 316 g/mol. The fourth-order valence-electron chi connectivity index (χ4n) is 5.21. The monoisotopic (exact) mass is 350 g/mol. The maximum Gasteiger partial charge on any atom is 0.0667 e. The highest BCUT2D eigenvalue weighted by Crippen LogP contribution is 2.39. The minimum absolute atomic E-state index is 0.517. The van der Waals surface area contributed by atoms with Gasteiger partial charge in [-0.2, -0.15) is 0 Å². The van der Waals surface area contributed by atoms with Gasteiger partial charge in [-0.05, 0) is 62.0 Å². The summed E-state index contributed by atoms with van der Waals surface area (Å²) in [5.41, 5.74) is 3.82. The Balaban J connectivity index is 1.44. The molecule has 2 aliphatic carbocycles. The minimum atomic E-state index is 0.517. The SMILES string of the molecule is C(=C1\CCCN1)/C(=N/C1CCC(C2CCCCC2)CC1)c1ccccc1. The molecule has 140 valence electrons. The predicted octanol–water partition coefficient (Wildman–Crippen LogP) is 5.88. The van der Waals surface area contributed by atoms with Gasteiger partial charge in [-0.1, -0.05) is 62.4 Å². The van der Waals surface area contributed by atoms with E-state index in [-0.39, 0.29) is 0 Å². The number of benzene rings is 1. The Morgan fingerprint density at radius 3 is 2.27 bits per heavy atom. The van der Waals surface area contributed by atoms with Crippen molar-refractivity contribution >= 4 is 5.71 Å². The van der Waals surface area contributed by atoms with E-state index in [4.69, 9.17) is 4.99 Å². The molecule has 0 bridgehead atoms. The highest BCUT2D eigenvalue weighted by atomic mass is 14.9. The topological polar surface area (TPSA) is 24.4 Å². The van der Waals surface area contributed by atoms with Crippen LogP contribution in [-0.4, -0.2) is 18.3 Å². The predicted molar refractivity (Wildman–Crippen MR) is 111 cm³/mol. The Morgan fingerprint density at radius 2 is 1.58 bits per heavy atom. The van der Waals surface area contributed by atoms with Gasteiger partial charge >= 0.3 is 0 Å². The largest absolute Gasteiger partial charge is 0.388 e. The lowest BCUT2D eigenvalue weighted by molar-refractivity contribution is 0.187. The fraction of sp³-hybridized carbons (Fsp3) is 0.625. The summed E-state index contributed by atoms with van der Waals surface area (Å²) < 4.78 is 0. The molecule has 0 atom stereocenters. The first-order valence-corrected chi connectivity index (χ1v) is 11.0. The van der Waals surface area contributed by atoms with E-state index in [9.17, 15) is 0 Å². The second kappa shape index (κ2) is 8.88. The lowest BCUT2D eigenvalue weighted by atomic mass is 9.72. The molecule has 2 saturated carbocycles. The summed E-state index contributed by atoms with van der Waals surface area (Å²) in [6.07, 6.45) is 17.5. The molecule has 0 radical (unpaired) electrons. The van der Waals surface area contributed by atoms with Gasteiger partial charge in [-0.15, -0.1) is 0 Å². The van der Waals surface area contributed by atoms with Gasteiger partial charge in [0.05, 0.1) is 11.8 Å². The molecule has 3 aliphatic rings. The van der Waals surface area contributed by atoms with Crippen molar-refractivity contribution in [2.24, 2.45) is 16.8 Å². The Hall–Kier alpha value is -1.57. The molecular formula is C24H34N2. The number of allylic oxidation sites excluding steroid dienone is 2. The number of hydrogen-bond acceptors (Lipinski definition) is 2. The van der Waals surface area contributed by atoms with E-state index in [0.717, 1.165) is 18.4 Å². The van der Waals surface area contributed by atoms with Crippen molar-refractivity contribution in [3.05, 3.63) is 47.7 Å². The summed E-state index contributed by atoms with van der Waals surface area (Å²) in [6.45, 7) is 1.11. The normalized spacial score (nSPS) is 29.7. The van der Waals surface area contributed by atoms with Gasteiger partial charge in [0, 0.05) is 12.2 Å². The molecule has 0 aromatic heterocycles. The number of rotatable bonds is 4. The molecule has 1 saturated heterocycles. The van der Waals surface area contributed by atoms with E-state index in [1.165, 1.54) is 87.6 Å². The van der Waals surface area contributed by atoms with Gasteiger partial charge in [0.2, 0.25) is 0 Å². The van der Waals surface area contributed by atoms with Crippen LogP contribution in [0.15, 0.2) is 47.1 Å². The quantitative estimate of drug-likeness (QED) is 0.674. The Bertz CT molecular complexity index is 609. The Labute approximate surface area is 159 Å². The average Bonchev–Trinajstić information content (AvgIpc) is 3.23. The molecule has 2 nitrogen and oxygen atoms in total. The maximum atomic E-state index is 5.25. The van der Waals surface area contributed by atoms with E-state index >= 15 is 0 Å². The molecule has 1 aromatic rings. The number of hydrogen-bond donors (Lipinski definition) is 1. The molecule has 26 heavy (non-hydrogen) atoms. The minimum Gasteiger partial charge on any atom is -0.388 e. The summed E-state index contributed by atoms with van der Waals surface area (Å²) >= 11 is 0. The van der Waals surface area contributed by atoms with Crippen molar-refractivity contribution < 1.29 is 0 Å². The second-order valence-corrected chi connectivity index (χ2v) is 8.55. The van der Waals surface area contributed by atoms with E-state index in [2.05, 4.69) is 41.7 Å². The van der Waals surface area contributed by atoms with Crippen LogP contribution in [0.1, 0.15) is 76.2 Å². The van der Waals surface area contributed by atoms with E-state index in [1.54, 1.807) is 0 Å². The molecule has 1 heterocycles. The van der Waals surface area contributed by atoms with Gasteiger partial charge in [-0.3, -0.25) is 4.99 Å². The summed E-state index contributed by atoms with van der Waals surface area (Å²) in [5, 5.41) is 3.52. The highest BCUT2D eigenvalue weighted by molar-refractivity contribution is 6.09. The van der Waals surface area contributed by atoms with E-state index in [0.29, 0.717) is 6.04 Å². The van der Waals surface area contributed by atoms with Gasteiger partial charge in [-0.25, -0.2) is 0 Å². The first kappa shape index (κ1) is 17.8. The van der Waals surface area contributed by atoms with Crippen molar-refractivity contribution in [2.75, 3.05) is 6.54 Å². The van der Waals surface area contributed by atoms with Gasteiger partial charge < -0.3 is 5.32 Å². The van der Waals surface area contributed by atoms with Gasteiger partial charge in [0.15, 0.2) is 0 Å². The molecule has 3 fully saturated rings. The number of nitrogens with zero attached hydrogens (tertiary/aromatic N) is 1. The zero-order valence-corrected chi connectivity index (χ0v) is 16.1. The lowest BCUT2D eigenvalue weighted by Crippen LogP contribution is -2.25. The number of aliphatic imine (C=N–C) groups is 1. The van der Waals surface area contributed by atoms with Crippen LogP contribution in [0.5, 0.6) is 0 Å². The average molecular weight is 351 g/mol. The fourth-order valence-corrected chi connectivity index (χ4v) is 5.21. The molecule has 1 aromatic carbocycles. The van der Waals surface area contributed by atoms with Crippen LogP contribution in [0.25, 0.3) is 0 Å². The van der Waals surface area contributed by atoms with Crippen LogP contribution in [0.4, 0.5) is 0 Å². The number of nitrogens with one attached hydrogen (secondary N) is 1. The van der Waals surface area contributed by atoms with E-state index < -0.39 is 0 Å². The zero-order valence-electron chi connectivity index (χ0n) is 16.1. The molecule has 4 rings (SSSR count). The summed E-state index contributed by atoms with van der Waals surface area (Å²) in [6, 6.07) is 11.3. The maximum absolute atomic E-state index is 5.25. The standard InChI is InChI=1S/C24H34N2/c1-3-8-19(9-4-1)20-13-15-22(16-14-20)26-24(18-23-12-7-17-25-23)21-10-5-2-6-11-21/h2,5-6,10-11,18-20,22,25H,1,3-4,7-9,12-17H2/b23-18-,26-24-. The summed E-state index contributed by atoms with van der Waals surface area (Å²) in [5.74, 6) is 2.00. The smallest absolute Gasteiger partial charge is 0.0667 e. The van der Waals surface area contributed by atoms with Crippen molar-refractivity contribution in [3.8, 4) is 0 Å². The third-order valence-corrected chi connectivity index (χ3v) is 6.73. The first-order chi connectivity index (χ1) is 12.9. The van der Waals surface area contributed by atoms with Crippen LogP contribution >= 0.6 is 0 Å². The molecule has 0 spiro atoms. The third kappa shape index (κ3) is 4.58. The van der Waals surface area contributed by atoms with Gasteiger partial charge in [0.1, 0.15) is 0 Å². The van der Waals surface area contributed by atoms with Crippen LogP contribution in [0.2, 0.25) is 0 Å². The lowest BCUT2D eigenvalue weighted by Gasteiger charge is -2.35. The van der Waals surface area contributed by atoms with Crippen molar-refractivity contribution in [3.63, 3.8) is 0 Å². The van der Waals surface area contributed by atoms with Gasteiger partial charge in [0.25, 0.3) is 0 Å². The molecule has 0 unspecified atom stereocenters. The molecule has 0 amide bonds. The Morgan fingerprint density at radius 1 is 0.846 bits per heavy atom. The van der Waals surface area contributed by atoms with E-state index in [1.807, 2.05) is 0 Å². The van der Waals surface area contributed by atoms with Crippen LogP contribution in [0, 0.1) is 11.8 Å².